The molecule has 1 N–H and O–H groups in total. The molecule has 2 heterocycles. The van der Waals surface area contributed by atoms with Gasteiger partial charge in [-0.1, -0.05) is 44.9 Å². The normalized spacial score (nSPS) is 22.2. The first-order valence-electron chi connectivity index (χ1n) is 10.5. The summed E-state index contributed by atoms with van der Waals surface area (Å²) in [6, 6.07) is 18.7. The van der Waals surface area contributed by atoms with Gasteiger partial charge in [-0.3, -0.25) is 0 Å². The molecule has 1 aliphatic carbocycles. The van der Waals surface area contributed by atoms with E-state index >= 15 is 0 Å². The van der Waals surface area contributed by atoms with E-state index in [1.807, 2.05) is 42.1 Å². The molecular formula is C25H25N2O2PtS-. The van der Waals surface area contributed by atoms with Crippen molar-refractivity contribution in [2.45, 2.75) is 50.8 Å². The summed E-state index contributed by atoms with van der Waals surface area (Å²) in [5.41, 5.74) is 1.80. The molecule has 1 aromatic heterocycles. The van der Waals surface area contributed by atoms with E-state index in [2.05, 4.69) is 31.0 Å². The molecule has 2 aromatic carbocycles. The van der Waals surface area contributed by atoms with Crippen LogP contribution in [0.2, 0.25) is 0 Å². The fraction of sp³-hybridized carbons (Fsp3) is 0.360. The molecule has 2 atom stereocenters. The van der Waals surface area contributed by atoms with Crippen LogP contribution >= 0.6 is 11.8 Å². The Morgan fingerprint density at radius 2 is 1.94 bits per heavy atom. The van der Waals surface area contributed by atoms with Crippen LogP contribution in [0.5, 0.6) is 17.4 Å². The van der Waals surface area contributed by atoms with Gasteiger partial charge in [0.2, 0.25) is 5.88 Å². The summed E-state index contributed by atoms with van der Waals surface area (Å²) in [6.45, 7) is 4.76. The molecule has 4 nitrogen and oxygen atoms in total. The Morgan fingerprint density at radius 3 is 2.81 bits per heavy atom. The fourth-order valence-corrected chi connectivity index (χ4v) is 5.94. The second-order valence-electron chi connectivity index (χ2n) is 8.80. The van der Waals surface area contributed by atoms with Crippen molar-refractivity contribution in [3.8, 4) is 17.4 Å². The topological polar surface area (TPSA) is 54.7 Å². The molecule has 0 radical (unpaired) electrons. The number of aromatic hydroxyl groups is 1. The third-order valence-electron chi connectivity index (χ3n) is 6.10. The molecule has 2 aliphatic rings. The average molecular weight is 613 g/mol. The molecule has 6 heteroatoms. The molecule has 1 fully saturated rings. The van der Waals surface area contributed by atoms with Crippen molar-refractivity contribution >= 4 is 27.7 Å². The predicted octanol–water partition coefficient (Wildman–Crippen LogP) is 6.36. The summed E-state index contributed by atoms with van der Waals surface area (Å²) in [5, 5.41) is 12.5. The first kappa shape index (κ1) is 22.4. The third kappa shape index (κ3) is 4.54. The van der Waals surface area contributed by atoms with Crippen molar-refractivity contribution in [1.29, 1.82) is 0 Å². The van der Waals surface area contributed by atoms with Gasteiger partial charge in [-0.2, -0.15) is 11.8 Å². The van der Waals surface area contributed by atoms with Crippen LogP contribution in [0.4, 0.5) is 0 Å². The predicted molar refractivity (Wildman–Crippen MR) is 123 cm³/mol. The second-order valence-corrected chi connectivity index (χ2v) is 9.93. The molecule has 0 unspecified atom stereocenters. The Bertz CT molecular complexity index is 1130. The Balaban J connectivity index is 0.00000231. The molecule has 3 aromatic rings. The van der Waals surface area contributed by atoms with Crippen LogP contribution in [-0.2, 0) is 21.1 Å². The zero-order valence-electron chi connectivity index (χ0n) is 17.6. The number of ether oxygens (including phenoxy) is 1. The smallest absolute Gasteiger partial charge is 0.217 e. The number of aromatic nitrogens is 1. The van der Waals surface area contributed by atoms with Gasteiger partial charge in [0, 0.05) is 48.6 Å². The van der Waals surface area contributed by atoms with Gasteiger partial charge in [0.25, 0.3) is 0 Å². The number of thioether (sulfide) groups is 1. The number of para-hydroxylation sites is 1. The molecule has 1 aliphatic heterocycles. The average Bonchev–Trinajstić information content (AvgIpc) is 3.12. The Labute approximate surface area is 201 Å². The Morgan fingerprint density at radius 1 is 1.10 bits per heavy atom. The molecule has 164 valence electrons. The maximum atomic E-state index is 10.1. The minimum atomic E-state index is 0. The molecule has 0 bridgehead atoms. The molecule has 31 heavy (non-hydrogen) atoms. The SMILES string of the molecule is CC1(C)CCCC[C@@H]2N=C(c3[c-]c(Oc4ccc5cccc(O)c5n4)ccc3)S[C@@H]21.[Pt]. The van der Waals surface area contributed by atoms with Crippen LogP contribution in [0, 0.1) is 11.5 Å². The van der Waals surface area contributed by atoms with Crippen molar-refractivity contribution in [3.05, 3.63) is 60.2 Å². The number of fused-ring (bicyclic) bond motifs is 2. The van der Waals surface area contributed by atoms with Gasteiger partial charge in [0.1, 0.15) is 11.3 Å². The van der Waals surface area contributed by atoms with E-state index in [4.69, 9.17) is 9.73 Å². The summed E-state index contributed by atoms with van der Waals surface area (Å²) in [7, 11) is 0. The van der Waals surface area contributed by atoms with E-state index in [9.17, 15) is 5.11 Å². The summed E-state index contributed by atoms with van der Waals surface area (Å²) in [5.74, 6) is 1.18. The zero-order chi connectivity index (χ0) is 20.7. The molecule has 0 amide bonds. The van der Waals surface area contributed by atoms with E-state index in [1.54, 1.807) is 12.1 Å². The maximum absolute atomic E-state index is 10.1. The maximum Gasteiger partial charge on any atom is 0.217 e. The molecule has 0 spiro atoms. The minimum Gasteiger partial charge on any atom is -0.506 e. The third-order valence-corrected chi connectivity index (χ3v) is 7.85. The van der Waals surface area contributed by atoms with Crippen LogP contribution in [0.15, 0.2) is 53.5 Å². The van der Waals surface area contributed by atoms with Gasteiger partial charge in [-0.15, -0.1) is 23.8 Å². The van der Waals surface area contributed by atoms with Gasteiger partial charge < -0.3 is 14.8 Å². The van der Waals surface area contributed by atoms with Crippen LogP contribution in [0.3, 0.4) is 0 Å². The van der Waals surface area contributed by atoms with E-state index in [1.165, 1.54) is 25.7 Å². The largest absolute Gasteiger partial charge is 0.506 e. The first-order valence-corrected chi connectivity index (χ1v) is 11.4. The molecule has 5 rings (SSSR count). The van der Waals surface area contributed by atoms with Crippen LogP contribution < -0.4 is 4.74 Å². The second kappa shape index (κ2) is 8.96. The number of aliphatic imine (C=N–C) groups is 1. The summed E-state index contributed by atoms with van der Waals surface area (Å²) < 4.78 is 5.98. The van der Waals surface area contributed by atoms with Crippen LogP contribution in [0.25, 0.3) is 10.9 Å². The summed E-state index contributed by atoms with van der Waals surface area (Å²) in [6.07, 6.45) is 4.99. The zero-order valence-corrected chi connectivity index (χ0v) is 20.7. The number of phenolic OH excluding ortho intramolecular Hbond substituents is 1. The van der Waals surface area contributed by atoms with Gasteiger partial charge in [-0.25, -0.2) is 4.98 Å². The fourth-order valence-electron chi connectivity index (χ4n) is 4.47. The number of pyridine rings is 1. The summed E-state index contributed by atoms with van der Waals surface area (Å²) in [4.78, 5) is 9.54. The number of phenols is 1. The van der Waals surface area contributed by atoms with Crippen molar-refractivity contribution in [3.63, 3.8) is 0 Å². The minimum absolute atomic E-state index is 0. The quantitative estimate of drug-likeness (QED) is 0.350. The Kier molecular flexibility index (Phi) is 6.46. The number of benzene rings is 2. The number of rotatable bonds is 3. The Hall–Kier alpha value is -1.84. The van der Waals surface area contributed by atoms with Gasteiger partial charge in [0.15, 0.2) is 0 Å². The van der Waals surface area contributed by atoms with E-state index in [-0.39, 0.29) is 26.8 Å². The number of nitrogens with zero attached hydrogens (tertiary/aromatic N) is 2. The number of hydrogen-bond donors (Lipinski definition) is 1. The van der Waals surface area contributed by atoms with E-state index in [0.717, 1.165) is 16.0 Å². The molecule has 0 saturated heterocycles. The van der Waals surface area contributed by atoms with Crippen molar-refractivity contribution in [2.75, 3.05) is 0 Å². The van der Waals surface area contributed by atoms with E-state index in [0.29, 0.717) is 33.9 Å². The molecular weight excluding hydrogens is 587 g/mol. The summed E-state index contributed by atoms with van der Waals surface area (Å²) >= 11 is 1.90. The molecule has 1 saturated carbocycles. The number of hydrogen-bond acceptors (Lipinski definition) is 5. The van der Waals surface area contributed by atoms with Crippen LogP contribution in [-0.4, -0.2) is 26.4 Å². The standard InChI is InChI=1S/C25H25N2O2S.Pt/c1-25(2)14-4-3-10-19-23(25)30-24(26-19)17-8-5-9-18(15-17)29-21-13-12-16-7-6-11-20(28)22(16)27-21;/h5-9,11-13,19,23,28H,3-4,10,14H2,1-2H3;/q-1;/t19-,23-;/m0./s1. The van der Waals surface area contributed by atoms with Gasteiger partial charge in [-0.05, 0) is 30.4 Å². The van der Waals surface area contributed by atoms with Crippen LogP contribution in [0.1, 0.15) is 45.1 Å². The monoisotopic (exact) mass is 612 g/mol. The van der Waals surface area contributed by atoms with Gasteiger partial charge >= 0.3 is 0 Å². The van der Waals surface area contributed by atoms with E-state index < -0.39 is 0 Å². The van der Waals surface area contributed by atoms with Crippen molar-refractivity contribution in [1.82, 2.24) is 4.98 Å². The van der Waals surface area contributed by atoms with Gasteiger partial charge in [0.05, 0.1) is 6.04 Å². The first-order chi connectivity index (χ1) is 14.5. The van der Waals surface area contributed by atoms with Crippen molar-refractivity contribution in [2.24, 2.45) is 10.4 Å². The van der Waals surface area contributed by atoms with Crippen molar-refractivity contribution < 1.29 is 30.9 Å².